The number of allylic oxidation sites excluding steroid dienone is 1. The lowest BCUT2D eigenvalue weighted by Gasteiger charge is -2.25. The molecule has 0 aliphatic carbocycles. The van der Waals surface area contributed by atoms with Crippen molar-refractivity contribution in [2.45, 2.75) is 32.9 Å². The summed E-state index contributed by atoms with van der Waals surface area (Å²) in [5, 5.41) is 0. The normalized spacial score (nSPS) is 16.8. The van der Waals surface area contributed by atoms with Crippen molar-refractivity contribution >= 4 is 40.4 Å². The van der Waals surface area contributed by atoms with Crippen LogP contribution in [0.5, 0.6) is 0 Å². The molecular weight excluding hydrogens is 578 g/mol. The number of nitrogens with zero attached hydrogens (tertiary/aromatic N) is 3. The fraction of sp³-hybridized carbons (Fsp3) is 0.206. The van der Waals surface area contributed by atoms with Gasteiger partial charge in [0.1, 0.15) is 11.1 Å². The van der Waals surface area contributed by atoms with Gasteiger partial charge in [-0.2, -0.15) is 0 Å². The number of fused-ring (bicyclic) bond motifs is 2. The van der Waals surface area contributed by atoms with Crippen LogP contribution in [-0.2, 0) is 25.7 Å². The first-order valence-corrected chi connectivity index (χ1v) is 15.0. The molecule has 1 atom stereocenters. The number of para-hydroxylation sites is 1. The van der Waals surface area contributed by atoms with Crippen LogP contribution in [0.25, 0.3) is 5.57 Å². The second-order valence-corrected chi connectivity index (χ2v) is 11.4. The summed E-state index contributed by atoms with van der Waals surface area (Å²) < 4.78 is 12.3. The minimum absolute atomic E-state index is 0.0393. The van der Waals surface area contributed by atoms with E-state index in [0.717, 1.165) is 29.0 Å². The van der Waals surface area contributed by atoms with E-state index in [0.29, 0.717) is 39.3 Å². The Morgan fingerprint density at radius 2 is 1.64 bits per heavy atom. The molecule has 0 N–H and O–H groups in total. The molecule has 3 heterocycles. The van der Waals surface area contributed by atoms with E-state index in [2.05, 4.69) is 4.99 Å². The Morgan fingerprint density at radius 3 is 2.34 bits per heavy atom. The summed E-state index contributed by atoms with van der Waals surface area (Å²) in [4.78, 5) is 60.7. The molecule has 0 spiro atoms. The smallest absolute Gasteiger partial charge is 0.338 e. The lowest BCUT2D eigenvalue weighted by molar-refractivity contribution is -0.140. The van der Waals surface area contributed by atoms with Gasteiger partial charge in [-0.25, -0.2) is 14.6 Å². The van der Waals surface area contributed by atoms with E-state index in [4.69, 9.17) is 9.47 Å². The number of methoxy groups -OCH3 is 1. The lowest BCUT2D eigenvalue weighted by Crippen LogP contribution is -2.41. The fourth-order valence-corrected chi connectivity index (χ4v) is 6.75. The number of ether oxygens (including phenoxy) is 2. The third kappa shape index (κ3) is 4.97. The monoisotopic (exact) mass is 607 g/mol. The molecule has 0 radical (unpaired) electrons. The van der Waals surface area contributed by atoms with Gasteiger partial charge < -0.3 is 14.4 Å². The zero-order valence-electron chi connectivity index (χ0n) is 24.4. The summed E-state index contributed by atoms with van der Waals surface area (Å²) in [6, 6.07) is 22.4. The average molecular weight is 608 g/mol. The number of thiazole rings is 1. The SMILES string of the molecule is CCCN1C(=O)C(=c2sc3n(c2=O)C(c2ccc(C(=O)OC)cc2)C(C(=O)OCc2ccccc2)=C(C)N=3)c2ccccc21. The molecule has 4 aromatic rings. The van der Waals surface area contributed by atoms with Crippen molar-refractivity contribution < 1.29 is 23.9 Å². The summed E-state index contributed by atoms with van der Waals surface area (Å²) >= 11 is 1.12. The standard InChI is InChI=1S/C34H29N3O6S/c1-4-18-36-25-13-9-8-12-24(25)27(30(36)38)29-31(39)37-28(22-14-16-23(17-15-22)32(40)42-3)26(20(2)35-34(37)44-29)33(41)43-19-21-10-6-5-7-11-21/h5-17,28H,4,18-19H2,1-3H3. The Labute approximate surface area is 257 Å². The topological polar surface area (TPSA) is 107 Å². The zero-order chi connectivity index (χ0) is 31.0. The maximum atomic E-state index is 14.4. The molecule has 3 aromatic carbocycles. The van der Waals surface area contributed by atoms with E-state index < -0.39 is 23.5 Å². The van der Waals surface area contributed by atoms with Crippen LogP contribution in [0.2, 0.25) is 0 Å². The Hall–Kier alpha value is -5.09. The quantitative estimate of drug-likeness (QED) is 0.295. The highest BCUT2D eigenvalue weighted by atomic mass is 32.1. The third-order valence-electron chi connectivity index (χ3n) is 7.67. The van der Waals surface area contributed by atoms with Gasteiger partial charge in [0.2, 0.25) is 0 Å². The highest BCUT2D eigenvalue weighted by Crippen LogP contribution is 2.36. The Morgan fingerprint density at radius 1 is 0.932 bits per heavy atom. The number of benzene rings is 3. The molecule has 1 unspecified atom stereocenters. The van der Waals surface area contributed by atoms with Crippen LogP contribution in [0, 0.1) is 0 Å². The molecule has 10 heteroatoms. The van der Waals surface area contributed by atoms with E-state index in [-0.39, 0.29) is 22.6 Å². The summed E-state index contributed by atoms with van der Waals surface area (Å²) in [6.45, 7) is 4.25. The molecule has 2 aliphatic heterocycles. The van der Waals surface area contributed by atoms with E-state index in [1.54, 1.807) is 36.1 Å². The molecule has 0 saturated carbocycles. The van der Waals surface area contributed by atoms with Crippen molar-refractivity contribution in [3.05, 3.63) is 132 Å². The first-order chi connectivity index (χ1) is 21.3. The van der Waals surface area contributed by atoms with Gasteiger partial charge in [-0.05, 0) is 42.7 Å². The summed E-state index contributed by atoms with van der Waals surface area (Å²) in [7, 11) is 1.30. The van der Waals surface area contributed by atoms with Gasteiger partial charge in [-0.15, -0.1) is 0 Å². The second-order valence-electron chi connectivity index (χ2n) is 10.4. The maximum Gasteiger partial charge on any atom is 0.338 e. The molecule has 44 heavy (non-hydrogen) atoms. The van der Waals surface area contributed by atoms with Gasteiger partial charge in [0.25, 0.3) is 11.5 Å². The number of aromatic nitrogens is 1. The third-order valence-corrected chi connectivity index (χ3v) is 8.73. The molecule has 1 amide bonds. The predicted molar refractivity (Wildman–Crippen MR) is 166 cm³/mol. The molecule has 0 fully saturated rings. The number of carbonyl (C=O) groups excluding carboxylic acids is 3. The first-order valence-electron chi connectivity index (χ1n) is 14.2. The highest BCUT2D eigenvalue weighted by Gasteiger charge is 2.37. The largest absolute Gasteiger partial charge is 0.465 e. The van der Waals surface area contributed by atoms with Gasteiger partial charge >= 0.3 is 11.9 Å². The second kappa shape index (κ2) is 11.9. The van der Waals surface area contributed by atoms with Gasteiger partial charge in [0.05, 0.1) is 41.2 Å². The van der Waals surface area contributed by atoms with Crippen molar-refractivity contribution in [3.8, 4) is 0 Å². The van der Waals surface area contributed by atoms with Crippen molar-refractivity contribution in [1.82, 2.24) is 4.57 Å². The molecule has 0 bridgehead atoms. The van der Waals surface area contributed by atoms with Crippen LogP contribution >= 0.6 is 11.3 Å². The number of hydrogen-bond donors (Lipinski definition) is 0. The van der Waals surface area contributed by atoms with Gasteiger partial charge in [-0.1, -0.05) is 78.9 Å². The van der Waals surface area contributed by atoms with Crippen molar-refractivity contribution in [2.24, 2.45) is 4.99 Å². The van der Waals surface area contributed by atoms with E-state index in [9.17, 15) is 19.2 Å². The van der Waals surface area contributed by atoms with Crippen LogP contribution < -0.4 is 19.8 Å². The van der Waals surface area contributed by atoms with E-state index in [1.807, 2.05) is 61.5 Å². The lowest BCUT2D eigenvalue weighted by atomic mass is 9.95. The van der Waals surface area contributed by atoms with Gasteiger partial charge in [0, 0.05) is 12.1 Å². The molecule has 222 valence electrons. The minimum Gasteiger partial charge on any atom is -0.465 e. The molecule has 1 aromatic heterocycles. The fourth-order valence-electron chi connectivity index (χ4n) is 5.61. The molecule has 9 nitrogen and oxygen atoms in total. The number of rotatable bonds is 7. The summed E-state index contributed by atoms with van der Waals surface area (Å²) in [5.74, 6) is -1.37. The van der Waals surface area contributed by atoms with Gasteiger partial charge in [-0.3, -0.25) is 14.2 Å². The molecule has 2 aliphatic rings. The summed E-state index contributed by atoms with van der Waals surface area (Å²) in [6.07, 6.45) is 0.754. The molecular formula is C34H29N3O6S. The van der Waals surface area contributed by atoms with Crippen LogP contribution in [0.1, 0.15) is 53.4 Å². The number of hydrogen-bond acceptors (Lipinski definition) is 8. The van der Waals surface area contributed by atoms with Crippen molar-refractivity contribution in [2.75, 3.05) is 18.6 Å². The van der Waals surface area contributed by atoms with Gasteiger partial charge in [0.15, 0.2) is 4.80 Å². The van der Waals surface area contributed by atoms with Crippen LogP contribution in [-0.4, -0.2) is 36.1 Å². The zero-order valence-corrected chi connectivity index (χ0v) is 25.2. The summed E-state index contributed by atoms with van der Waals surface area (Å²) in [5.41, 5.74) is 3.64. The van der Waals surface area contributed by atoms with Crippen LogP contribution in [0.4, 0.5) is 5.69 Å². The number of carbonyl (C=O) groups is 3. The Kier molecular flexibility index (Phi) is 7.84. The Bertz CT molecular complexity index is 2010. The highest BCUT2D eigenvalue weighted by molar-refractivity contribution is 7.07. The molecule has 6 rings (SSSR count). The number of amides is 1. The van der Waals surface area contributed by atoms with E-state index in [1.165, 1.54) is 11.7 Å². The first kappa shape index (κ1) is 29.0. The molecule has 0 saturated heterocycles. The predicted octanol–water partition coefficient (Wildman–Crippen LogP) is 3.89. The van der Waals surface area contributed by atoms with Crippen LogP contribution in [0.3, 0.4) is 0 Å². The minimum atomic E-state index is -0.908. The van der Waals surface area contributed by atoms with Crippen LogP contribution in [0.15, 0.2) is 99.9 Å². The number of esters is 2. The Balaban J connectivity index is 1.53. The van der Waals surface area contributed by atoms with Crippen molar-refractivity contribution in [3.63, 3.8) is 0 Å². The maximum absolute atomic E-state index is 14.4. The average Bonchev–Trinajstić information content (AvgIpc) is 3.51. The number of anilines is 1. The van der Waals surface area contributed by atoms with Crippen molar-refractivity contribution in [1.29, 1.82) is 0 Å². The van der Waals surface area contributed by atoms with E-state index >= 15 is 0 Å².